The molecule has 0 unspecified atom stereocenters. The number of hydrogen-bond acceptors (Lipinski definition) is 3. The molecule has 138 valence electrons. The second kappa shape index (κ2) is 8.36. The van der Waals surface area contributed by atoms with E-state index in [0.29, 0.717) is 17.8 Å². The lowest BCUT2D eigenvalue weighted by Crippen LogP contribution is -2.31. The van der Waals surface area contributed by atoms with E-state index in [0.717, 1.165) is 11.3 Å². The van der Waals surface area contributed by atoms with Crippen LogP contribution >= 0.6 is 0 Å². The van der Waals surface area contributed by atoms with Crippen LogP contribution in [-0.4, -0.2) is 23.4 Å². The summed E-state index contributed by atoms with van der Waals surface area (Å²) in [5.41, 5.74) is 2.07. The van der Waals surface area contributed by atoms with E-state index in [2.05, 4.69) is 5.32 Å². The van der Waals surface area contributed by atoms with Gasteiger partial charge in [0, 0.05) is 18.3 Å². The molecule has 5 heteroatoms. The molecule has 3 rings (SSSR count). The second-order valence-corrected chi connectivity index (χ2v) is 6.24. The molecule has 0 spiro atoms. The third kappa shape index (κ3) is 4.26. The summed E-state index contributed by atoms with van der Waals surface area (Å²) < 4.78 is 6.84. The van der Waals surface area contributed by atoms with E-state index in [9.17, 15) is 9.59 Å². The van der Waals surface area contributed by atoms with Gasteiger partial charge in [0.2, 0.25) is 11.7 Å². The Bertz CT molecular complexity index is 914. The zero-order chi connectivity index (χ0) is 19.2. The highest BCUT2D eigenvalue weighted by molar-refractivity contribution is 6.08. The normalized spacial score (nSPS) is 11.6. The lowest BCUT2D eigenvalue weighted by molar-refractivity contribution is -0.124. The van der Waals surface area contributed by atoms with E-state index in [1.807, 2.05) is 42.5 Å². The Morgan fingerprint density at radius 3 is 2.37 bits per heavy atom. The minimum absolute atomic E-state index is 0.101. The van der Waals surface area contributed by atoms with Crippen LogP contribution in [0.2, 0.25) is 0 Å². The molecule has 1 N–H and O–H groups in total. The number of benzene rings is 2. The summed E-state index contributed by atoms with van der Waals surface area (Å²) >= 11 is 0. The molecule has 0 saturated heterocycles. The largest absolute Gasteiger partial charge is 0.497 e. The van der Waals surface area contributed by atoms with Crippen molar-refractivity contribution in [2.75, 3.05) is 7.11 Å². The van der Waals surface area contributed by atoms with Crippen molar-refractivity contribution in [2.45, 2.75) is 19.5 Å². The van der Waals surface area contributed by atoms with Gasteiger partial charge < -0.3 is 14.6 Å². The van der Waals surface area contributed by atoms with Crippen molar-refractivity contribution in [3.63, 3.8) is 0 Å². The summed E-state index contributed by atoms with van der Waals surface area (Å²) in [6, 6.07) is 19.6. The number of methoxy groups -OCH3 is 1. The van der Waals surface area contributed by atoms with Gasteiger partial charge in [0.05, 0.1) is 12.8 Å². The standard InChI is InChI=1S/C22H22N2O3/c1-16(22(26)23-15-17-10-12-19(27-2)13-11-17)24-14-6-9-20(24)21(25)18-7-4-3-5-8-18/h3-14,16H,15H2,1-2H3,(H,23,26)/t16-/m0/s1. The monoisotopic (exact) mass is 362 g/mol. The molecule has 0 aliphatic carbocycles. The van der Waals surface area contributed by atoms with E-state index >= 15 is 0 Å². The molecule has 0 fully saturated rings. The van der Waals surface area contributed by atoms with Crippen molar-refractivity contribution in [1.82, 2.24) is 9.88 Å². The summed E-state index contributed by atoms with van der Waals surface area (Å²) in [5, 5.41) is 2.92. The van der Waals surface area contributed by atoms with Crippen LogP contribution in [0.1, 0.15) is 34.6 Å². The Morgan fingerprint density at radius 1 is 1.00 bits per heavy atom. The average Bonchev–Trinajstić information content (AvgIpc) is 3.21. The number of carbonyl (C=O) groups excluding carboxylic acids is 2. The SMILES string of the molecule is COc1ccc(CNC(=O)[C@H](C)n2cccc2C(=O)c2ccccc2)cc1. The number of ketones is 1. The van der Waals surface area contributed by atoms with Crippen LogP contribution in [0.3, 0.4) is 0 Å². The molecule has 0 aliphatic heterocycles. The Labute approximate surface area is 158 Å². The number of aromatic nitrogens is 1. The first-order valence-corrected chi connectivity index (χ1v) is 8.77. The molecule has 5 nitrogen and oxygen atoms in total. The Morgan fingerprint density at radius 2 is 1.70 bits per heavy atom. The van der Waals surface area contributed by atoms with Crippen LogP contribution in [0, 0.1) is 0 Å². The first-order chi connectivity index (χ1) is 13.1. The molecule has 1 atom stereocenters. The van der Waals surface area contributed by atoms with Crippen LogP contribution < -0.4 is 10.1 Å². The van der Waals surface area contributed by atoms with Crippen molar-refractivity contribution in [2.24, 2.45) is 0 Å². The quantitative estimate of drug-likeness (QED) is 0.653. The summed E-state index contributed by atoms with van der Waals surface area (Å²) in [4.78, 5) is 25.3. The van der Waals surface area contributed by atoms with Crippen LogP contribution in [0.5, 0.6) is 5.75 Å². The lowest BCUT2D eigenvalue weighted by Gasteiger charge is -2.17. The zero-order valence-corrected chi connectivity index (χ0v) is 15.4. The third-order valence-electron chi connectivity index (χ3n) is 4.47. The Kier molecular flexibility index (Phi) is 5.71. The van der Waals surface area contributed by atoms with Crippen molar-refractivity contribution in [3.05, 3.63) is 89.7 Å². The van der Waals surface area contributed by atoms with Crippen molar-refractivity contribution >= 4 is 11.7 Å². The van der Waals surface area contributed by atoms with Gasteiger partial charge in [-0.15, -0.1) is 0 Å². The number of nitrogens with zero attached hydrogens (tertiary/aromatic N) is 1. The van der Waals surface area contributed by atoms with Gasteiger partial charge in [-0.2, -0.15) is 0 Å². The number of rotatable bonds is 7. The van der Waals surface area contributed by atoms with Gasteiger partial charge in [0.1, 0.15) is 11.8 Å². The fraction of sp³-hybridized carbons (Fsp3) is 0.182. The number of amides is 1. The van der Waals surface area contributed by atoms with Crippen LogP contribution in [-0.2, 0) is 11.3 Å². The summed E-state index contributed by atoms with van der Waals surface area (Å²) in [6.45, 7) is 2.20. The van der Waals surface area contributed by atoms with Crippen molar-refractivity contribution in [3.8, 4) is 5.75 Å². The first kappa shape index (κ1) is 18.5. The number of nitrogens with one attached hydrogen (secondary N) is 1. The second-order valence-electron chi connectivity index (χ2n) is 6.24. The first-order valence-electron chi connectivity index (χ1n) is 8.77. The molecule has 27 heavy (non-hydrogen) atoms. The Hall–Kier alpha value is -3.34. The van der Waals surface area contributed by atoms with Gasteiger partial charge in [-0.1, -0.05) is 42.5 Å². The topological polar surface area (TPSA) is 60.3 Å². The summed E-state index contributed by atoms with van der Waals surface area (Å²) in [5.74, 6) is 0.523. The maximum atomic E-state index is 12.7. The molecular formula is C22H22N2O3. The highest BCUT2D eigenvalue weighted by Gasteiger charge is 2.20. The molecule has 1 heterocycles. The summed E-state index contributed by atoms with van der Waals surface area (Å²) in [7, 11) is 1.61. The third-order valence-corrected chi connectivity index (χ3v) is 4.47. The predicted octanol–water partition coefficient (Wildman–Crippen LogP) is 3.61. The highest BCUT2D eigenvalue weighted by Crippen LogP contribution is 2.17. The van der Waals surface area contributed by atoms with Crippen molar-refractivity contribution in [1.29, 1.82) is 0 Å². The smallest absolute Gasteiger partial charge is 0.243 e. The van der Waals surface area contributed by atoms with Gasteiger partial charge in [-0.25, -0.2) is 0 Å². The van der Waals surface area contributed by atoms with E-state index in [1.54, 1.807) is 49.1 Å². The van der Waals surface area contributed by atoms with Gasteiger partial charge in [-0.05, 0) is 36.8 Å². The maximum Gasteiger partial charge on any atom is 0.243 e. The van der Waals surface area contributed by atoms with Crippen LogP contribution in [0.25, 0.3) is 0 Å². The molecule has 0 bridgehead atoms. The van der Waals surface area contributed by atoms with Gasteiger partial charge in [0.15, 0.2) is 0 Å². The fourth-order valence-corrected chi connectivity index (χ4v) is 2.87. The zero-order valence-electron chi connectivity index (χ0n) is 15.4. The van der Waals surface area contributed by atoms with E-state index in [1.165, 1.54) is 0 Å². The molecule has 1 aromatic heterocycles. The number of ether oxygens (including phenoxy) is 1. The fourth-order valence-electron chi connectivity index (χ4n) is 2.87. The predicted molar refractivity (Wildman–Crippen MR) is 104 cm³/mol. The van der Waals surface area contributed by atoms with Gasteiger partial charge in [0.25, 0.3) is 0 Å². The molecule has 3 aromatic rings. The lowest BCUT2D eigenvalue weighted by atomic mass is 10.1. The minimum atomic E-state index is -0.499. The molecule has 0 aliphatic rings. The highest BCUT2D eigenvalue weighted by atomic mass is 16.5. The molecule has 2 aromatic carbocycles. The minimum Gasteiger partial charge on any atom is -0.497 e. The molecule has 0 saturated carbocycles. The van der Waals surface area contributed by atoms with Crippen LogP contribution in [0.4, 0.5) is 0 Å². The van der Waals surface area contributed by atoms with E-state index in [4.69, 9.17) is 4.74 Å². The van der Waals surface area contributed by atoms with E-state index in [-0.39, 0.29) is 11.7 Å². The maximum absolute atomic E-state index is 12.7. The summed E-state index contributed by atoms with van der Waals surface area (Å²) in [6.07, 6.45) is 1.76. The van der Waals surface area contributed by atoms with E-state index < -0.39 is 6.04 Å². The Balaban J connectivity index is 1.68. The van der Waals surface area contributed by atoms with Crippen LogP contribution in [0.15, 0.2) is 72.9 Å². The van der Waals surface area contributed by atoms with Gasteiger partial charge in [-0.3, -0.25) is 9.59 Å². The molecular weight excluding hydrogens is 340 g/mol. The average molecular weight is 362 g/mol. The van der Waals surface area contributed by atoms with Gasteiger partial charge >= 0.3 is 0 Å². The number of carbonyl (C=O) groups is 2. The van der Waals surface area contributed by atoms with Crippen molar-refractivity contribution < 1.29 is 14.3 Å². The molecule has 0 radical (unpaired) electrons. The molecule has 1 amide bonds. The number of hydrogen-bond donors (Lipinski definition) is 1.